The first-order chi connectivity index (χ1) is 15.6. The van der Waals surface area contributed by atoms with Crippen LogP contribution < -0.4 is 14.4 Å². The van der Waals surface area contributed by atoms with Gasteiger partial charge in [0.2, 0.25) is 21.8 Å². The Hall–Kier alpha value is -2.78. The van der Waals surface area contributed by atoms with Gasteiger partial charge < -0.3 is 15.0 Å². The highest BCUT2D eigenvalue weighted by atomic mass is 35.5. The summed E-state index contributed by atoms with van der Waals surface area (Å²) >= 11 is 6.26. The molecule has 1 atom stereocenters. The quantitative estimate of drug-likeness (QED) is 0.517. The van der Waals surface area contributed by atoms with E-state index in [-0.39, 0.29) is 37.7 Å². The molecule has 2 aromatic rings. The van der Waals surface area contributed by atoms with E-state index in [4.69, 9.17) is 16.3 Å². The van der Waals surface area contributed by atoms with Gasteiger partial charge in [0.15, 0.2) is 0 Å². The molecule has 0 spiro atoms. The molecule has 180 valence electrons. The predicted molar refractivity (Wildman–Crippen MR) is 130 cm³/mol. The van der Waals surface area contributed by atoms with Crippen molar-refractivity contribution in [2.45, 2.75) is 32.4 Å². The summed E-state index contributed by atoms with van der Waals surface area (Å²) in [5.74, 6) is 0.0429. The number of ether oxygens (including phenoxy) is 1. The van der Waals surface area contributed by atoms with Crippen molar-refractivity contribution in [2.24, 2.45) is 0 Å². The number of halogens is 1. The van der Waals surface area contributed by atoms with Crippen LogP contribution in [0.1, 0.15) is 25.3 Å². The van der Waals surface area contributed by atoms with Crippen molar-refractivity contribution < 1.29 is 22.7 Å². The number of benzene rings is 2. The third-order valence-corrected chi connectivity index (χ3v) is 6.79. The van der Waals surface area contributed by atoms with Crippen molar-refractivity contribution in [1.82, 2.24) is 10.2 Å². The van der Waals surface area contributed by atoms with E-state index in [1.165, 1.54) is 23.4 Å². The number of carbonyl (C=O) groups is 2. The number of rotatable bonds is 11. The van der Waals surface area contributed by atoms with Crippen LogP contribution >= 0.6 is 11.6 Å². The zero-order valence-corrected chi connectivity index (χ0v) is 20.8. The number of nitrogens with one attached hydrogen (secondary N) is 1. The summed E-state index contributed by atoms with van der Waals surface area (Å²) in [5.41, 5.74) is 1.21. The van der Waals surface area contributed by atoms with E-state index in [1.54, 1.807) is 49.4 Å². The second kappa shape index (κ2) is 11.9. The fourth-order valence-corrected chi connectivity index (χ4v) is 4.51. The van der Waals surface area contributed by atoms with Crippen LogP contribution in [0.15, 0.2) is 48.5 Å². The normalized spacial score (nSPS) is 12.0. The highest BCUT2D eigenvalue weighted by molar-refractivity contribution is 7.92. The van der Waals surface area contributed by atoms with Crippen LogP contribution in [0.25, 0.3) is 0 Å². The lowest BCUT2D eigenvalue weighted by molar-refractivity contribution is -0.140. The molecule has 0 saturated heterocycles. The van der Waals surface area contributed by atoms with E-state index >= 15 is 0 Å². The molecule has 33 heavy (non-hydrogen) atoms. The Labute approximate surface area is 200 Å². The minimum Gasteiger partial charge on any atom is -0.497 e. The maximum Gasteiger partial charge on any atom is 0.242 e. The Bertz CT molecular complexity index is 1060. The second-order valence-electron chi connectivity index (χ2n) is 7.54. The molecule has 0 aliphatic rings. The first kappa shape index (κ1) is 26.5. The topological polar surface area (TPSA) is 96.0 Å². The molecule has 8 nitrogen and oxygen atoms in total. The van der Waals surface area contributed by atoms with Crippen molar-refractivity contribution in [3.63, 3.8) is 0 Å². The van der Waals surface area contributed by atoms with Gasteiger partial charge in [-0.05, 0) is 49.2 Å². The van der Waals surface area contributed by atoms with E-state index in [9.17, 15) is 18.0 Å². The summed E-state index contributed by atoms with van der Waals surface area (Å²) in [4.78, 5) is 26.8. The van der Waals surface area contributed by atoms with Crippen molar-refractivity contribution in [3.8, 4) is 5.75 Å². The third kappa shape index (κ3) is 7.36. The molecule has 2 rings (SSSR count). The Morgan fingerprint density at radius 2 is 1.76 bits per heavy atom. The Morgan fingerprint density at radius 3 is 2.30 bits per heavy atom. The average Bonchev–Trinajstić information content (AvgIpc) is 2.79. The van der Waals surface area contributed by atoms with Crippen molar-refractivity contribution in [2.75, 3.05) is 31.3 Å². The van der Waals surface area contributed by atoms with Gasteiger partial charge in [0, 0.05) is 31.6 Å². The summed E-state index contributed by atoms with van der Waals surface area (Å²) < 4.78 is 31.1. The van der Waals surface area contributed by atoms with Crippen LogP contribution in [-0.4, -0.2) is 58.1 Å². The molecule has 0 saturated carbocycles. The summed E-state index contributed by atoms with van der Waals surface area (Å²) in [7, 11) is -0.517. The number of amides is 2. The largest absolute Gasteiger partial charge is 0.497 e. The van der Waals surface area contributed by atoms with E-state index in [2.05, 4.69) is 5.32 Å². The van der Waals surface area contributed by atoms with Crippen LogP contribution in [0.2, 0.25) is 5.02 Å². The lowest BCUT2D eigenvalue weighted by atomic mass is 10.1. The summed E-state index contributed by atoms with van der Waals surface area (Å²) in [5, 5.41) is 3.06. The SMILES string of the molecule is CNC(=O)C(C)N(Cc1ccccc1Cl)C(=O)CCCN(c1ccc(OC)cc1)S(C)(=O)=O. The number of hydrogen-bond acceptors (Lipinski definition) is 5. The zero-order valence-electron chi connectivity index (χ0n) is 19.2. The van der Waals surface area contributed by atoms with Gasteiger partial charge >= 0.3 is 0 Å². The fraction of sp³-hybridized carbons (Fsp3) is 0.391. The maximum atomic E-state index is 13.1. The Morgan fingerprint density at radius 1 is 1.12 bits per heavy atom. The van der Waals surface area contributed by atoms with Gasteiger partial charge in [-0.3, -0.25) is 13.9 Å². The monoisotopic (exact) mass is 495 g/mol. The molecule has 0 aromatic heterocycles. The van der Waals surface area contributed by atoms with Gasteiger partial charge in [0.1, 0.15) is 11.8 Å². The number of hydrogen-bond donors (Lipinski definition) is 1. The van der Waals surface area contributed by atoms with Gasteiger partial charge in [-0.25, -0.2) is 8.42 Å². The summed E-state index contributed by atoms with van der Waals surface area (Å²) in [6.07, 6.45) is 1.46. The highest BCUT2D eigenvalue weighted by Crippen LogP contribution is 2.23. The zero-order chi connectivity index (χ0) is 24.6. The first-order valence-corrected chi connectivity index (χ1v) is 12.7. The van der Waals surface area contributed by atoms with Crippen LogP contribution in [0.5, 0.6) is 5.75 Å². The van der Waals surface area contributed by atoms with Gasteiger partial charge in [-0.2, -0.15) is 0 Å². The summed E-state index contributed by atoms with van der Waals surface area (Å²) in [6, 6.07) is 13.1. The predicted octanol–water partition coefficient (Wildman–Crippen LogP) is 3.06. The molecule has 0 radical (unpaired) electrons. The van der Waals surface area contributed by atoms with Crippen molar-refractivity contribution in [1.29, 1.82) is 0 Å². The molecular weight excluding hydrogens is 466 g/mol. The number of methoxy groups -OCH3 is 1. The van der Waals surface area contributed by atoms with Crippen LogP contribution in [0, 0.1) is 0 Å². The molecule has 0 fully saturated rings. The first-order valence-electron chi connectivity index (χ1n) is 10.4. The Balaban J connectivity index is 2.14. The molecule has 2 aromatic carbocycles. The number of carbonyl (C=O) groups excluding carboxylic acids is 2. The minimum absolute atomic E-state index is 0.0635. The Kier molecular flexibility index (Phi) is 9.55. The second-order valence-corrected chi connectivity index (χ2v) is 9.85. The van der Waals surface area contributed by atoms with Gasteiger partial charge in [0.25, 0.3) is 0 Å². The average molecular weight is 496 g/mol. The molecule has 10 heteroatoms. The van der Waals surface area contributed by atoms with Gasteiger partial charge in [0.05, 0.1) is 19.1 Å². The minimum atomic E-state index is -3.56. The summed E-state index contributed by atoms with van der Waals surface area (Å²) in [6.45, 7) is 1.93. The highest BCUT2D eigenvalue weighted by Gasteiger charge is 2.26. The molecule has 2 amide bonds. The fourth-order valence-electron chi connectivity index (χ4n) is 3.35. The standard InChI is InChI=1S/C23H30ClN3O5S/c1-17(23(29)25-2)26(16-18-8-5-6-9-21(18)24)22(28)10-7-15-27(33(4,30)31)19-11-13-20(32-3)14-12-19/h5-6,8-9,11-14,17H,7,10,15-16H2,1-4H3,(H,25,29). The molecule has 0 bridgehead atoms. The molecular formula is C23H30ClN3O5S. The number of likely N-dealkylation sites (N-methyl/N-ethyl adjacent to an activating group) is 1. The number of sulfonamides is 1. The third-order valence-electron chi connectivity index (χ3n) is 5.22. The number of nitrogens with zero attached hydrogens (tertiary/aromatic N) is 2. The number of anilines is 1. The van der Waals surface area contributed by atoms with E-state index in [0.717, 1.165) is 11.8 Å². The van der Waals surface area contributed by atoms with Gasteiger partial charge in [-0.15, -0.1) is 0 Å². The van der Waals surface area contributed by atoms with Crippen LogP contribution in [0.3, 0.4) is 0 Å². The van der Waals surface area contributed by atoms with Crippen molar-refractivity contribution in [3.05, 3.63) is 59.1 Å². The molecule has 1 unspecified atom stereocenters. The van der Waals surface area contributed by atoms with Crippen molar-refractivity contribution >= 4 is 39.1 Å². The van der Waals surface area contributed by atoms with E-state index < -0.39 is 16.1 Å². The van der Waals surface area contributed by atoms with Crippen LogP contribution in [0.4, 0.5) is 5.69 Å². The lowest BCUT2D eigenvalue weighted by Crippen LogP contribution is -2.46. The molecule has 1 N–H and O–H groups in total. The molecule has 0 heterocycles. The van der Waals surface area contributed by atoms with Gasteiger partial charge in [-0.1, -0.05) is 29.8 Å². The smallest absolute Gasteiger partial charge is 0.242 e. The van der Waals surface area contributed by atoms with Crippen LogP contribution in [-0.2, 0) is 26.2 Å². The van der Waals surface area contributed by atoms with E-state index in [1.807, 2.05) is 6.07 Å². The maximum absolute atomic E-state index is 13.1. The molecule has 0 aliphatic heterocycles. The lowest BCUT2D eigenvalue weighted by Gasteiger charge is -2.29. The molecule has 0 aliphatic carbocycles. The van der Waals surface area contributed by atoms with E-state index in [0.29, 0.717) is 16.5 Å².